The third kappa shape index (κ3) is 2.51. The Morgan fingerprint density at radius 3 is 2.83 bits per heavy atom. The molecule has 0 aliphatic heterocycles. The number of rotatable bonds is 2. The summed E-state index contributed by atoms with van der Waals surface area (Å²) in [7, 11) is 0. The number of halogens is 1. The van der Waals surface area contributed by atoms with Crippen LogP contribution in [0.2, 0.25) is 0 Å². The molecule has 0 saturated heterocycles. The minimum Gasteiger partial charge on any atom is -0.367 e. The van der Waals surface area contributed by atoms with Crippen LogP contribution in [0, 0.1) is 6.92 Å². The highest BCUT2D eigenvalue weighted by Gasteiger charge is 2.11. The van der Waals surface area contributed by atoms with E-state index in [-0.39, 0.29) is 11.0 Å². The van der Waals surface area contributed by atoms with Crippen molar-refractivity contribution in [1.29, 1.82) is 0 Å². The summed E-state index contributed by atoms with van der Waals surface area (Å²) in [5, 5.41) is 2.72. The van der Waals surface area contributed by atoms with Gasteiger partial charge in [-0.3, -0.25) is 9.59 Å². The lowest BCUT2D eigenvalue weighted by molar-refractivity contribution is 0.102. The third-order valence-corrected chi connectivity index (χ3v) is 3.44. The van der Waals surface area contributed by atoms with Gasteiger partial charge >= 0.3 is 0 Å². The zero-order chi connectivity index (χ0) is 13.1. The number of H-pyrrole nitrogens is 1. The van der Waals surface area contributed by atoms with Crippen molar-refractivity contribution in [1.82, 2.24) is 4.98 Å². The molecule has 0 atom stereocenters. The second-order valence-corrected chi connectivity index (χ2v) is 4.64. The summed E-state index contributed by atoms with van der Waals surface area (Å²) < 4.78 is 0.905. The van der Waals surface area contributed by atoms with E-state index in [9.17, 15) is 9.59 Å². The number of aromatic amines is 1. The highest BCUT2D eigenvalue weighted by atomic mass is 79.9. The van der Waals surface area contributed by atoms with Crippen LogP contribution in [-0.4, -0.2) is 10.9 Å². The molecule has 0 saturated carbocycles. The molecule has 2 N–H and O–H groups in total. The molecule has 0 aliphatic carbocycles. The summed E-state index contributed by atoms with van der Waals surface area (Å²) >= 11 is 3.39. The third-order valence-electron chi connectivity index (χ3n) is 2.58. The van der Waals surface area contributed by atoms with Crippen LogP contribution in [0.3, 0.4) is 0 Å². The van der Waals surface area contributed by atoms with Crippen molar-refractivity contribution in [2.45, 2.75) is 6.92 Å². The molecular formula is C13H11BrN2O2. The van der Waals surface area contributed by atoms with E-state index in [0.717, 1.165) is 10.0 Å². The highest BCUT2D eigenvalue weighted by molar-refractivity contribution is 9.10. The maximum absolute atomic E-state index is 12.0. The number of aromatic nitrogens is 1. The van der Waals surface area contributed by atoms with Crippen LogP contribution in [-0.2, 0) is 0 Å². The van der Waals surface area contributed by atoms with Gasteiger partial charge in [0, 0.05) is 28.6 Å². The van der Waals surface area contributed by atoms with Crippen molar-refractivity contribution in [2.75, 3.05) is 5.32 Å². The average molecular weight is 307 g/mol. The van der Waals surface area contributed by atoms with Crippen LogP contribution in [0.4, 0.5) is 5.69 Å². The van der Waals surface area contributed by atoms with Gasteiger partial charge in [-0.05, 0) is 24.6 Å². The molecule has 1 aromatic heterocycles. The Hall–Kier alpha value is -1.88. The molecule has 0 radical (unpaired) electrons. The molecule has 0 unspecified atom stereocenters. The Balaban J connectivity index is 2.30. The standard InChI is InChI=1S/C13H11BrN2O2/c1-8-10(14)3-2-4-11(8)16-13(18)9-7-15-6-5-12(9)17/h2-7H,1H3,(H,15,17)(H,16,18). The lowest BCUT2D eigenvalue weighted by Gasteiger charge is -2.09. The van der Waals surface area contributed by atoms with Gasteiger partial charge in [-0.2, -0.15) is 0 Å². The molecule has 0 bridgehead atoms. The van der Waals surface area contributed by atoms with Crippen molar-refractivity contribution < 1.29 is 4.79 Å². The summed E-state index contributed by atoms with van der Waals surface area (Å²) in [6, 6.07) is 6.82. The predicted octanol–water partition coefficient (Wildman–Crippen LogP) is 2.70. The van der Waals surface area contributed by atoms with Crippen molar-refractivity contribution in [3.05, 3.63) is 62.5 Å². The van der Waals surface area contributed by atoms with E-state index < -0.39 is 5.91 Å². The molecule has 92 valence electrons. The maximum Gasteiger partial charge on any atom is 0.261 e. The first-order chi connectivity index (χ1) is 8.59. The topological polar surface area (TPSA) is 62.0 Å². The minimum absolute atomic E-state index is 0.0943. The molecule has 1 amide bonds. The molecule has 2 aromatic rings. The number of pyridine rings is 1. The molecule has 18 heavy (non-hydrogen) atoms. The number of amides is 1. The lowest BCUT2D eigenvalue weighted by atomic mass is 10.2. The zero-order valence-electron chi connectivity index (χ0n) is 9.66. The molecule has 2 rings (SSSR count). The van der Waals surface area contributed by atoms with Crippen molar-refractivity contribution in [2.24, 2.45) is 0 Å². The lowest BCUT2D eigenvalue weighted by Crippen LogP contribution is -2.21. The number of hydrogen-bond donors (Lipinski definition) is 2. The molecule has 1 aromatic carbocycles. The van der Waals surface area contributed by atoms with Crippen LogP contribution < -0.4 is 10.7 Å². The highest BCUT2D eigenvalue weighted by Crippen LogP contribution is 2.23. The van der Waals surface area contributed by atoms with Gasteiger partial charge in [-0.15, -0.1) is 0 Å². The van der Waals surface area contributed by atoms with Gasteiger partial charge in [0.15, 0.2) is 5.43 Å². The fraction of sp³-hybridized carbons (Fsp3) is 0.0769. The van der Waals surface area contributed by atoms with E-state index in [1.165, 1.54) is 18.5 Å². The number of anilines is 1. The number of hydrogen-bond acceptors (Lipinski definition) is 2. The molecule has 0 aliphatic rings. The molecule has 0 fully saturated rings. The van der Waals surface area contributed by atoms with Crippen LogP contribution in [0.15, 0.2) is 45.9 Å². The second-order valence-electron chi connectivity index (χ2n) is 3.79. The molecule has 4 nitrogen and oxygen atoms in total. The monoisotopic (exact) mass is 306 g/mol. The zero-order valence-corrected chi connectivity index (χ0v) is 11.2. The smallest absolute Gasteiger partial charge is 0.261 e. The Bertz CT molecular complexity index is 649. The van der Waals surface area contributed by atoms with Crippen LogP contribution in [0.5, 0.6) is 0 Å². The first-order valence-corrected chi connectivity index (χ1v) is 6.12. The summed E-state index contributed by atoms with van der Waals surface area (Å²) in [5.41, 5.74) is 1.38. The van der Waals surface area contributed by atoms with Gasteiger partial charge in [-0.25, -0.2) is 0 Å². The van der Waals surface area contributed by atoms with Crippen LogP contribution in [0.25, 0.3) is 0 Å². The molecule has 0 spiro atoms. The largest absolute Gasteiger partial charge is 0.367 e. The summed E-state index contributed by atoms with van der Waals surface area (Å²) in [5.74, 6) is -0.418. The quantitative estimate of drug-likeness (QED) is 0.896. The van der Waals surface area contributed by atoms with Crippen LogP contribution >= 0.6 is 15.9 Å². The first-order valence-electron chi connectivity index (χ1n) is 5.33. The Morgan fingerprint density at radius 2 is 2.11 bits per heavy atom. The fourth-order valence-electron chi connectivity index (χ4n) is 1.53. The van der Waals surface area contributed by atoms with E-state index in [1.54, 1.807) is 6.07 Å². The van der Waals surface area contributed by atoms with Crippen molar-refractivity contribution in [3.8, 4) is 0 Å². The van der Waals surface area contributed by atoms with E-state index in [4.69, 9.17) is 0 Å². The number of benzene rings is 1. The van der Waals surface area contributed by atoms with Crippen molar-refractivity contribution >= 4 is 27.5 Å². The number of carbonyl (C=O) groups is 1. The van der Waals surface area contributed by atoms with Gasteiger partial charge in [0.05, 0.1) is 0 Å². The fourth-order valence-corrected chi connectivity index (χ4v) is 1.89. The number of nitrogens with one attached hydrogen (secondary N) is 2. The maximum atomic E-state index is 12.0. The Kier molecular flexibility index (Phi) is 3.62. The SMILES string of the molecule is Cc1c(Br)cccc1NC(=O)c1c[nH]ccc1=O. The Morgan fingerprint density at radius 1 is 1.33 bits per heavy atom. The molecule has 1 heterocycles. The summed E-state index contributed by atoms with van der Waals surface area (Å²) in [6.07, 6.45) is 2.88. The van der Waals surface area contributed by atoms with E-state index in [2.05, 4.69) is 26.2 Å². The average Bonchev–Trinajstić information content (AvgIpc) is 2.35. The van der Waals surface area contributed by atoms with Gasteiger partial charge < -0.3 is 10.3 Å². The normalized spacial score (nSPS) is 10.1. The van der Waals surface area contributed by atoms with E-state index in [1.807, 2.05) is 19.1 Å². The van der Waals surface area contributed by atoms with Gasteiger partial charge in [0.2, 0.25) is 0 Å². The first kappa shape index (κ1) is 12.6. The van der Waals surface area contributed by atoms with E-state index in [0.29, 0.717) is 5.69 Å². The van der Waals surface area contributed by atoms with Crippen molar-refractivity contribution in [3.63, 3.8) is 0 Å². The summed E-state index contributed by atoms with van der Waals surface area (Å²) in [6.45, 7) is 1.88. The van der Waals surface area contributed by atoms with Gasteiger partial charge in [-0.1, -0.05) is 22.0 Å². The molecular weight excluding hydrogens is 296 g/mol. The minimum atomic E-state index is -0.418. The summed E-state index contributed by atoms with van der Waals surface area (Å²) in [4.78, 5) is 26.2. The Labute approximate surface area is 112 Å². The van der Waals surface area contributed by atoms with Gasteiger partial charge in [0.25, 0.3) is 5.91 Å². The number of carbonyl (C=O) groups excluding carboxylic acids is 1. The van der Waals surface area contributed by atoms with Crippen LogP contribution in [0.1, 0.15) is 15.9 Å². The predicted molar refractivity (Wildman–Crippen MR) is 73.9 cm³/mol. The van der Waals surface area contributed by atoms with Gasteiger partial charge in [0.1, 0.15) is 5.56 Å². The van der Waals surface area contributed by atoms with E-state index >= 15 is 0 Å². The molecule has 5 heteroatoms. The second kappa shape index (κ2) is 5.18.